The van der Waals surface area contributed by atoms with Gasteiger partial charge in [0.05, 0.1) is 19.2 Å². The smallest absolute Gasteiger partial charge is 0.191 e. The molecule has 5 nitrogen and oxygen atoms in total. The molecule has 2 rings (SSSR count). The van der Waals surface area contributed by atoms with Crippen LogP contribution in [0.15, 0.2) is 29.3 Å². The lowest BCUT2D eigenvalue weighted by Crippen LogP contribution is -2.39. The molecule has 1 saturated heterocycles. The van der Waals surface area contributed by atoms with Gasteiger partial charge in [-0.15, -0.1) is 24.0 Å². The molecule has 154 valence electrons. The minimum atomic E-state index is 0. The van der Waals surface area contributed by atoms with Crippen molar-refractivity contribution >= 4 is 35.6 Å². The number of hydrogen-bond donors (Lipinski definition) is 2. The van der Waals surface area contributed by atoms with E-state index < -0.39 is 0 Å². The van der Waals surface area contributed by atoms with Gasteiger partial charge in [0, 0.05) is 31.9 Å². The number of hydrogen-bond acceptors (Lipinski definition) is 3. The highest BCUT2D eigenvalue weighted by Gasteiger charge is 2.14. The molecule has 0 amide bonds. The third-order valence-electron chi connectivity index (χ3n) is 4.69. The van der Waals surface area contributed by atoms with E-state index in [1.54, 1.807) is 0 Å². The van der Waals surface area contributed by atoms with Crippen molar-refractivity contribution in [2.24, 2.45) is 4.99 Å². The molecule has 0 bridgehead atoms. The number of nitrogens with zero attached hydrogens (tertiary/aromatic N) is 2. The summed E-state index contributed by atoms with van der Waals surface area (Å²) < 4.78 is 5.60. The average Bonchev–Trinajstić information content (AvgIpc) is 3.19. The lowest BCUT2D eigenvalue weighted by Gasteiger charge is -2.22. The Hall–Kier alpha value is -1.02. The highest BCUT2D eigenvalue weighted by atomic mass is 127. The zero-order chi connectivity index (χ0) is 18.6. The molecule has 6 heteroatoms. The Morgan fingerprint density at radius 2 is 2.00 bits per heavy atom. The monoisotopic (exact) mass is 488 g/mol. The molecule has 0 saturated carbocycles. The maximum absolute atomic E-state index is 5.60. The van der Waals surface area contributed by atoms with Crippen molar-refractivity contribution in [2.45, 2.75) is 52.5 Å². The topological polar surface area (TPSA) is 48.9 Å². The zero-order valence-electron chi connectivity index (χ0n) is 17.2. The zero-order valence-corrected chi connectivity index (χ0v) is 19.5. The Balaban J connectivity index is 0.00000364. The minimum absolute atomic E-state index is 0. The van der Waals surface area contributed by atoms with Crippen LogP contribution in [-0.4, -0.2) is 45.4 Å². The average molecular weight is 488 g/mol. The quantitative estimate of drug-likeness (QED) is 0.223. The van der Waals surface area contributed by atoms with E-state index in [-0.39, 0.29) is 30.0 Å². The number of aliphatic imine (C=N–C) groups is 1. The first kappa shape index (κ1) is 24.0. The first-order valence-corrected chi connectivity index (χ1v) is 10.2. The summed E-state index contributed by atoms with van der Waals surface area (Å²) >= 11 is 0. The van der Waals surface area contributed by atoms with Gasteiger partial charge in [-0.25, -0.2) is 0 Å². The van der Waals surface area contributed by atoms with E-state index in [1.165, 1.54) is 43.6 Å². The molecule has 0 spiro atoms. The third-order valence-corrected chi connectivity index (χ3v) is 4.69. The molecule has 1 aromatic rings. The number of anilines is 1. The summed E-state index contributed by atoms with van der Waals surface area (Å²) in [6.07, 6.45) is 4.89. The molecule has 1 atom stereocenters. The molecule has 1 unspecified atom stereocenters. The second kappa shape index (κ2) is 14.0. The van der Waals surface area contributed by atoms with E-state index in [0.29, 0.717) is 13.2 Å². The Morgan fingerprint density at radius 3 is 2.70 bits per heavy atom. The maximum atomic E-state index is 5.60. The van der Waals surface area contributed by atoms with E-state index in [4.69, 9.17) is 4.74 Å². The molecule has 0 aliphatic carbocycles. The van der Waals surface area contributed by atoms with Crippen LogP contribution in [0.3, 0.4) is 0 Å². The first-order chi connectivity index (χ1) is 12.7. The molecule has 1 aliphatic rings. The van der Waals surface area contributed by atoms with Crippen LogP contribution in [0.4, 0.5) is 5.69 Å². The molecule has 2 N–H and O–H groups in total. The van der Waals surface area contributed by atoms with Gasteiger partial charge in [0.15, 0.2) is 5.96 Å². The number of nitrogens with one attached hydrogen (secondary N) is 2. The largest absolute Gasteiger partial charge is 0.380 e. The fourth-order valence-electron chi connectivity index (χ4n) is 3.15. The summed E-state index contributed by atoms with van der Waals surface area (Å²) in [4.78, 5) is 7.11. The van der Waals surface area contributed by atoms with Crippen molar-refractivity contribution in [1.82, 2.24) is 10.6 Å². The Morgan fingerprint density at radius 1 is 1.22 bits per heavy atom. The first-order valence-electron chi connectivity index (χ1n) is 10.2. The Kier molecular flexibility index (Phi) is 12.5. The van der Waals surface area contributed by atoms with Crippen LogP contribution in [0.2, 0.25) is 0 Å². The second-order valence-electron chi connectivity index (χ2n) is 6.88. The van der Waals surface area contributed by atoms with Gasteiger partial charge >= 0.3 is 0 Å². The lowest BCUT2D eigenvalue weighted by atomic mass is 10.1. The van der Waals surface area contributed by atoms with Crippen molar-refractivity contribution in [2.75, 3.05) is 44.3 Å². The molecule has 1 aliphatic heterocycles. The predicted molar refractivity (Wildman–Crippen MR) is 127 cm³/mol. The summed E-state index contributed by atoms with van der Waals surface area (Å²) in [6.45, 7) is 11.8. The number of guanidine groups is 1. The molecule has 0 aromatic heterocycles. The van der Waals surface area contributed by atoms with Crippen molar-refractivity contribution in [3.63, 3.8) is 0 Å². The summed E-state index contributed by atoms with van der Waals surface area (Å²) in [6, 6.07) is 9.08. The van der Waals surface area contributed by atoms with E-state index >= 15 is 0 Å². The highest BCUT2D eigenvalue weighted by molar-refractivity contribution is 14.0. The lowest BCUT2D eigenvalue weighted by molar-refractivity contribution is 0.139. The van der Waals surface area contributed by atoms with Gasteiger partial charge in [-0.1, -0.05) is 25.5 Å². The molecular formula is C21H37IN4O. The van der Waals surface area contributed by atoms with Crippen LogP contribution >= 0.6 is 24.0 Å². The fraction of sp³-hybridized carbons (Fsp3) is 0.667. The number of unbranched alkanes of at least 4 members (excludes halogenated alkanes) is 1. The van der Waals surface area contributed by atoms with Crippen molar-refractivity contribution in [3.8, 4) is 0 Å². The van der Waals surface area contributed by atoms with E-state index in [2.05, 4.69) is 65.6 Å². The fourth-order valence-corrected chi connectivity index (χ4v) is 3.15. The number of halogens is 1. The van der Waals surface area contributed by atoms with E-state index in [9.17, 15) is 0 Å². The van der Waals surface area contributed by atoms with Crippen LogP contribution in [-0.2, 0) is 4.74 Å². The minimum Gasteiger partial charge on any atom is -0.380 e. The molecule has 1 heterocycles. The summed E-state index contributed by atoms with van der Waals surface area (Å²) in [5, 5.41) is 6.85. The van der Waals surface area contributed by atoms with Gasteiger partial charge < -0.3 is 20.3 Å². The Labute approximate surface area is 182 Å². The van der Waals surface area contributed by atoms with Crippen molar-refractivity contribution < 1.29 is 4.74 Å². The van der Waals surface area contributed by atoms with Gasteiger partial charge in [0.2, 0.25) is 0 Å². The van der Waals surface area contributed by atoms with Crippen molar-refractivity contribution in [3.05, 3.63) is 29.8 Å². The van der Waals surface area contributed by atoms with E-state index in [0.717, 1.165) is 25.5 Å². The van der Waals surface area contributed by atoms with Gasteiger partial charge in [0.25, 0.3) is 0 Å². The molecule has 1 aromatic carbocycles. The Bertz CT molecular complexity index is 547. The number of rotatable bonds is 10. The van der Waals surface area contributed by atoms with Crippen LogP contribution in [0.5, 0.6) is 0 Å². The van der Waals surface area contributed by atoms with Gasteiger partial charge in [-0.2, -0.15) is 0 Å². The van der Waals surface area contributed by atoms with E-state index in [1.807, 2.05) is 0 Å². The van der Waals surface area contributed by atoms with Crippen molar-refractivity contribution in [1.29, 1.82) is 0 Å². The van der Waals surface area contributed by atoms with Gasteiger partial charge in [0.1, 0.15) is 0 Å². The molecule has 0 radical (unpaired) electrons. The SMILES string of the molecule is CCCCOCCN=C(NCC)NC(C)c1cccc(N2CCCC2)c1.I. The van der Waals surface area contributed by atoms with Crippen LogP contribution < -0.4 is 15.5 Å². The van der Waals surface area contributed by atoms with Gasteiger partial charge in [-0.3, -0.25) is 4.99 Å². The summed E-state index contributed by atoms with van der Waals surface area (Å²) in [5.41, 5.74) is 2.62. The summed E-state index contributed by atoms with van der Waals surface area (Å²) in [7, 11) is 0. The molecule has 1 fully saturated rings. The molecule has 27 heavy (non-hydrogen) atoms. The molecular weight excluding hydrogens is 451 g/mol. The normalized spacial score (nSPS) is 15.4. The maximum Gasteiger partial charge on any atom is 0.191 e. The highest BCUT2D eigenvalue weighted by Crippen LogP contribution is 2.23. The van der Waals surface area contributed by atoms with Crippen LogP contribution in [0.25, 0.3) is 0 Å². The third kappa shape index (κ3) is 8.68. The van der Waals surface area contributed by atoms with Gasteiger partial charge in [-0.05, 0) is 50.8 Å². The van der Waals surface area contributed by atoms with Crippen LogP contribution in [0.1, 0.15) is 58.1 Å². The number of benzene rings is 1. The summed E-state index contributed by atoms with van der Waals surface area (Å²) in [5.74, 6) is 0.852. The van der Waals surface area contributed by atoms with Crippen LogP contribution in [0, 0.1) is 0 Å². The number of ether oxygens (including phenoxy) is 1. The standard InChI is InChI=1S/C21H36N4O.HI/c1-4-6-15-26-16-12-23-21(22-5-2)24-18(3)19-10-9-11-20(17-19)25-13-7-8-14-25;/h9-11,17-18H,4-8,12-16H2,1-3H3,(H2,22,23,24);1H. The predicted octanol–water partition coefficient (Wildman–Crippen LogP) is 4.34. The second-order valence-corrected chi connectivity index (χ2v) is 6.88.